The first-order valence-electron chi connectivity index (χ1n) is 7.29. The van der Waals surface area contributed by atoms with Gasteiger partial charge in [-0.25, -0.2) is 4.39 Å². The molecule has 0 saturated carbocycles. The van der Waals surface area contributed by atoms with E-state index in [1.807, 2.05) is 52.0 Å². The van der Waals surface area contributed by atoms with Gasteiger partial charge in [-0.1, -0.05) is 25.1 Å². The van der Waals surface area contributed by atoms with Gasteiger partial charge in [0.25, 0.3) is 0 Å². The lowest BCUT2D eigenvalue weighted by Gasteiger charge is -2.18. The van der Waals surface area contributed by atoms with Crippen molar-refractivity contribution < 1.29 is 9.13 Å². The summed E-state index contributed by atoms with van der Waals surface area (Å²) in [4.78, 5) is 0. The molecule has 21 heavy (non-hydrogen) atoms. The fraction of sp³-hybridized carbons (Fsp3) is 0.333. The third kappa shape index (κ3) is 3.61. The molecule has 0 aliphatic carbocycles. The van der Waals surface area contributed by atoms with Gasteiger partial charge >= 0.3 is 0 Å². The van der Waals surface area contributed by atoms with E-state index in [1.54, 1.807) is 6.07 Å². The molecular formula is C18H22FNO. The van der Waals surface area contributed by atoms with E-state index in [2.05, 4.69) is 5.32 Å². The summed E-state index contributed by atoms with van der Waals surface area (Å²) in [5, 5.41) is 3.29. The van der Waals surface area contributed by atoms with Gasteiger partial charge in [-0.3, -0.25) is 0 Å². The molecule has 0 fully saturated rings. The van der Waals surface area contributed by atoms with Crippen LogP contribution in [0.2, 0.25) is 0 Å². The van der Waals surface area contributed by atoms with Gasteiger partial charge in [0.05, 0.1) is 0 Å². The first-order valence-corrected chi connectivity index (χ1v) is 7.29. The molecule has 0 bridgehead atoms. The Hall–Kier alpha value is -1.87. The number of halogens is 1. The van der Waals surface area contributed by atoms with E-state index in [0.717, 1.165) is 17.7 Å². The average Bonchev–Trinajstić information content (AvgIpc) is 2.45. The van der Waals surface area contributed by atoms with Crippen molar-refractivity contribution in [3.8, 4) is 11.5 Å². The van der Waals surface area contributed by atoms with Crippen LogP contribution < -0.4 is 10.1 Å². The van der Waals surface area contributed by atoms with Crippen LogP contribution in [0.3, 0.4) is 0 Å². The highest BCUT2D eigenvalue weighted by Gasteiger charge is 2.16. The maximum absolute atomic E-state index is 14.2. The molecular weight excluding hydrogens is 265 g/mol. The standard InChI is InChI=1S/C18H22FNO/c1-5-20-14(4)16-7-6-8-17(19)18(16)21-15-10-9-12(2)13(3)11-15/h6-11,14,20H,5H2,1-4H3. The lowest BCUT2D eigenvalue weighted by molar-refractivity contribution is 0.426. The van der Waals surface area contributed by atoms with Crippen molar-refractivity contribution in [1.29, 1.82) is 0 Å². The van der Waals surface area contributed by atoms with E-state index in [0.29, 0.717) is 11.5 Å². The van der Waals surface area contributed by atoms with Gasteiger partial charge in [-0.2, -0.15) is 0 Å². The van der Waals surface area contributed by atoms with Crippen molar-refractivity contribution >= 4 is 0 Å². The first kappa shape index (κ1) is 15.5. The molecule has 0 aliphatic rings. The molecule has 0 saturated heterocycles. The lowest BCUT2D eigenvalue weighted by Crippen LogP contribution is -2.18. The third-order valence-corrected chi connectivity index (χ3v) is 3.67. The van der Waals surface area contributed by atoms with E-state index in [1.165, 1.54) is 11.6 Å². The zero-order valence-electron chi connectivity index (χ0n) is 13.0. The van der Waals surface area contributed by atoms with Crippen LogP contribution in [0.15, 0.2) is 36.4 Å². The molecule has 2 rings (SSSR count). The molecule has 1 atom stereocenters. The Kier molecular flexibility index (Phi) is 4.97. The second-order valence-corrected chi connectivity index (χ2v) is 5.29. The molecule has 0 aliphatic heterocycles. The highest BCUT2D eigenvalue weighted by atomic mass is 19.1. The minimum atomic E-state index is -0.338. The molecule has 0 amide bonds. The first-order chi connectivity index (χ1) is 10.0. The number of hydrogen-bond acceptors (Lipinski definition) is 2. The van der Waals surface area contributed by atoms with Crippen LogP contribution in [0.4, 0.5) is 4.39 Å². The minimum Gasteiger partial charge on any atom is -0.454 e. The number of benzene rings is 2. The third-order valence-electron chi connectivity index (χ3n) is 3.67. The minimum absolute atomic E-state index is 0.0345. The Balaban J connectivity index is 2.36. The largest absolute Gasteiger partial charge is 0.454 e. The summed E-state index contributed by atoms with van der Waals surface area (Å²) < 4.78 is 20.0. The molecule has 0 spiro atoms. The van der Waals surface area contributed by atoms with Crippen molar-refractivity contribution in [2.24, 2.45) is 0 Å². The van der Waals surface area contributed by atoms with Crippen LogP contribution in [0.5, 0.6) is 11.5 Å². The molecule has 1 N–H and O–H groups in total. The maximum atomic E-state index is 14.2. The van der Waals surface area contributed by atoms with E-state index in [-0.39, 0.29) is 11.9 Å². The fourth-order valence-electron chi connectivity index (χ4n) is 2.29. The summed E-state index contributed by atoms with van der Waals surface area (Å²) in [5.41, 5.74) is 3.15. The smallest absolute Gasteiger partial charge is 0.167 e. The molecule has 2 nitrogen and oxygen atoms in total. The van der Waals surface area contributed by atoms with Crippen molar-refractivity contribution in [3.63, 3.8) is 0 Å². The Bertz CT molecular complexity index is 625. The quantitative estimate of drug-likeness (QED) is 0.844. The summed E-state index contributed by atoms with van der Waals surface area (Å²) in [7, 11) is 0. The molecule has 3 heteroatoms. The summed E-state index contributed by atoms with van der Waals surface area (Å²) >= 11 is 0. The predicted molar refractivity (Wildman–Crippen MR) is 84.5 cm³/mol. The van der Waals surface area contributed by atoms with Crippen LogP contribution in [-0.2, 0) is 0 Å². The summed E-state index contributed by atoms with van der Waals surface area (Å²) in [6.07, 6.45) is 0. The number of rotatable bonds is 5. The average molecular weight is 287 g/mol. The number of para-hydroxylation sites is 1. The van der Waals surface area contributed by atoms with E-state index < -0.39 is 0 Å². The summed E-state index contributed by atoms with van der Waals surface area (Å²) in [6, 6.07) is 10.9. The van der Waals surface area contributed by atoms with Gasteiger partial charge in [0.2, 0.25) is 0 Å². The molecule has 2 aromatic rings. The van der Waals surface area contributed by atoms with E-state index >= 15 is 0 Å². The summed E-state index contributed by atoms with van der Waals surface area (Å²) in [5.74, 6) is 0.623. The van der Waals surface area contributed by atoms with Gasteiger partial charge in [0.1, 0.15) is 5.75 Å². The normalized spacial score (nSPS) is 12.2. The zero-order valence-corrected chi connectivity index (χ0v) is 13.0. The fourth-order valence-corrected chi connectivity index (χ4v) is 2.29. The molecule has 112 valence electrons. The molecule has 0 aromatic heterocycles. The topological polar surface area (TPSA) is 21.3 Å². The maximum Gasteiger partial charge on any atom is 0.167 e. The SMILES string of the molecule is CCNC(C)c1cccc(F)c1Oc1ccc(C)c(C)c1. The van der Waals surface area contributed by atoms with Crippen LogP contribution >= 0.6 is 0 Å². The van der Waals surface area contributed by atoms with Gasteiger partial charge in [-0.15, -0.1) is 0 Å². The van der Waals surface area contributed by atoms with Gasteiger partial charge in [0.15, 0.2) is 11.6 Å². The van der Waals surface area contributed by atoms with Crippen LogP contribution in [0, 0.1) is 19.7 Å². The van der Waals surface area contributed by atoms with Gasteiger partial charge in [-0.05, 0) is 56.6 Å². The van der Waals surface area contributed by atoms with Crippen LogP contribution in [0.1, 0.15) is 36.6 Å². The van der Waals surface area contributed by atoms with Crippen molar-refractivity contribution in [2.75, 3.05) is 6.54 Å². The van der Waals surface area contributed by atoms with Crippen molar-refractivity contribution in [3.05, 3.63) is 58.9 Å². The Labute approximate surface area is 126 Å². The number of hydrogen-bond donors (Lipinski definition) is 1. The number of aryl methyl sites for hydroxylation is 2. The monoisotopic (exact) mass is 287 g/mol. The second-order valence-electron chi connectivity index (χ2n) is 5.29. The van der Waals surface area contributed by atoms with E-state index in [4.69, 9.17) is 4.74 Å². The highest BCUT2D eigenvalue weighted by molar-refractivity contribution is 5.42. The summed E-state index contributed by atoms with van der Waals surface area (Å²) in [6.45, 7) is 8.92. The second kappa shape index (κ2) is 6.72. The zero-order chi connectivity index (χ0) is 15.4. The van der Waals surface area contributed by atoms with E-state index in [9.17, 15) is 4.39 Å². The molecule has 0 heterocycles. The van der Waals surface area contributed by atoms with Crippen LogP contribution in [0.25, 0.3) is 0 Å². The molecule has 2 aromatic carbocycles. The van der Waals surface area contributed by atoms with Crippen molar-refractivity contribution in [2.45, 2.75) is 33.7 Å². The highest BCUT2D eigenvalue weighted by Crippen LogP contribution is 2.32. The lowest BCUT2D eigenvalue weighted by atomic mass is 10.1. The molecule has 0 radical (unpaired) electrons. The van der Waals surface area contributed by atoms with Crippen LogP contribution in [-0.4, -0.2) is 6.54 Å². The Morgan fingerprint density at radius 1 is 1.14 bits per heavy atom. The predicted octanol–water partition coefficient (Wildman–Crippen LogP) is 4.91. The molecule has 1 unspecified atom stereocenters. The number of ether oxygens (including phenoxy) is 1. The van der Waals surface area contributed by atoms with Crippen molar-refractivity contribution in [1.82, 2.24) is 5.32 Å². The Morgan fingerprint density at radius 3 is 2.57 bits per heavy atom. The van der Waals surface area contributed by atoms with Gasteiger partial charge < -0.3 is 10.1 Å². The number of nitrogens with one attached hydrogen (secondary N) is 1. The Morgan fingerprint density at radius 2 is 1.90 bits per heavy atom. The van der Waals surface area contributed by atoms with Gasteiger partial charge in [0, 0.05) is 11.6 Å².